The van der Waals surface area contributed by atoms with Gasteiger partial charge < -0.3 is 5.73 Å². The molecule has 106 valence electrons. The number of aryl methyl sites for hydroxylation is 1. The third kappa shape index (κ3) is 2.61. The molecule has 0 amide bonds. The van der Waals surface area contributed by atoms with Crippen molar-refractivity contribution in [2.75, 3.05) is 0 Å². The largest absolute Gasteiger partial charge is 0.327 e. The van der Waals surface area contributed by atoms with Gasteiger partial charge in [-0.3, -0.25) is 4.68 Å². The van der Waals surface area contributed by atoms with E-state index in [0.717, 1.165) is 38.1 Å². The van der Waals surface area contributed by atoms with Gasteiger partial charge in [-0.25, -0.2) is 4.98 Å². The Morgan fingerprint density at radius 2 is 2.00 bits per heavy atom. The number of hydrogen-bond acceptors (Lipinski definition) is 3. The zero-order valence-corrected chi connectivity index (χ0v) is 12.0. The van der Waals surface area contributed by atoms with Crippen LogP contribution in [0.3, 0.4) is 0 Å². The zero-order valence-electron chi connectivity index (χ0n) is 12.0. The maximum Gasteiger partial charge on any atom is 0.138 e. The Balaban J connectivity index is 1.66. The first-order valence-corrected chi connectivity index (χ1v) is 7.47. The molecule has 0 aliphatic heterocycles. The SMILES string of the molecule is CCCn1ncnc1CC(N)C1Cc2ccccc2C1. The van der Waals surface area contributed by atoms with Gasteiger partial charge in [-0.05, 0) is 36.3 Å². The molecular formula is C16H22N4. The van der Waals surface area contributed by atoms with Crippen LogP contribution in [0.25, 0.3) is 0 Å². The smallest absolute Gasteiger partial charge is 0.138 e. The summed E-state index contributed by atoms with van der Waals surface area (Å²) >= 11 is 0. The van der Waals surface area contributed by atoms with Gasteiger partial charge in [0.25, 0.3) is 0 Å². The summed E-state index contributed by atoms with van der Waals surface area (Å²) in [5.74, 6) is 1.55. The number of nitrogens with zero attached hydrogens (tertiary/aromatic N) is 3. The Bertz CT molecular complexity index is 550. The molecule has 0 radical (unpaired) electrons. The van der Waals surface area contributed by atoms with Gasteiger partial charge in [-0.15, -0.1) is 0 Å². The second-order valence-electron chi connectivity index (χ2n) is 5.70. The summed E-state index contributed by atoms with van der Waals surface area (Å²) in [5, 5.41) is 4.28. The predicted octanol–water partition coefficient (Wildman–Crippen LogP) is 1.97. The highest BCUT2D eigenvalue weighted by molar-refractivity contribution is 5.32. The molecule has 1 heterocycles. The Hall–Kier alpha value is -1.68. The van der Waals surface area contributed by atoms with Crippen LogP contribution in [0.4, 0.5) is 0 Å². The molecule has 1 aliphatic carbocycles. The van der Waals surface area contributed by atoms with E-state index in [4.69, 9.17) is 5.73 Å². The Morgan fingerprint density at radius 3 is 2.65 bits per heavy atom. The summed E-state index contributed by atoms with van der Waals surface area (Å²) < 4.78 is 1.99. The number of benzene rings is 1. The van der Waals surface area contributed by atoms with Gasteiger partial charge >= 0.3 is 0 Å². The molecule has 4 heteroatoms. The van der Waals surface area contributed by atoms with Crippen molar-refractivity contribution in [2.24, 2.45) is 11.7 Å². The second kappa shape index (κ2) is 5.75. The molecule has 0 bridgehead atoms. The topological polar surface area (TPSA) is 56.7 Å². The van der Waals surface area contributed by atoms with E-state index in [1.54, 1.807) is 6.33 Å². The second-order valence-corrected chi connectivity index (χ2v) is 5.70. The molecule has 0 fully saturated rings. The van der Waals surface area contributed by atoms with Crippen LogP contribution in [0.1, 0.15) is 30.3 Å². The lowest BCUT2D eigenvalue weighted by molar-refractivity contribution is 0.419. The lowest BCUT2D eigenvalue weighted by atomic mass is 9.94. The minimum atomic E-state index is 0.155. The van der Waals surface area contributed by atoms with Crippen LogP contribution in [0.2, 0.25) is 0 Å². The highest BCUT2D eigenvalue weighted by Gasteiger charge is 2.27. The first kappa shape index (κ1) is 13.3. The fourth-order valence-electron chi connectivity index (χ4n) is 3.12. The zero-order chi connectivity index (χ0) is 13.9. The first-order chi connectivity index (χ1) is 9.78. The predicted molar refractivity (Wildman–Crippen MR) is 79.3 cm³/mol. The van der Waals surface area contributed by atoms with Crippen molar-refractivity contribution in [3.63, 3.8) is 0 Å². The normalized spacial score (nSPS) is 16.3. The van der Waals surface area contributed by atoms with E-state index in [1.807, 2.05) is 4.68 Å². The Morgan fingerprint density at radius 1 is 1.30 bits per heavy atom. The maximum atomic E-state index is 6.43. The van der Waals surface area contributed by atoms with E-state index in [-0.39, 0.29) is 6.04 Å². The average molecular weight is 270 g/mol. The van der Waals surface area contributed by atoms with Gasteiger partial charge in [0, 0.05) is 19.0 Å². The molecule has 1 atom stereocenters. The molecule has 0 saturated carbocycles. The third-order valence-electron chi connectivity index (χ3n) is 4.24. The highest BCUT2D eigenvalue weighted by atomic mass is 15.3. The van der Waals surface area contributed by atoms with E-state index in [2.05, 4.69) is 41.3 Å². The Labute approximate surface area is 120 Å². The van der Waals surface area contributed by atoms with Gasteiger partial charge in [-0.2, -0.15) is 5.10 Å². The molecule has 1 aromatic heterocycles. The van der Waals surface area contributed by atoms with Crippen LogP contribution in [0.15, 0.2) is 30.6 Å². The van der Waals surface area contributed by atoms with Crippen molar-refractivity contribution in [1.29, 1.82) is 0 Å². The van der Waals surface area contributed by atoms with Crippen molar-refractivity contribution < 1.29 is 0 Å². The third-order valence-corrected chi connectivity index (χ3v) is 4.24. The summed E-state index contributed by atoms with van der Waals surface area (Å²) in [6.45, 7) is 3.08. The maximum absolute atomic E-state index is 6.43. The Kier molecular flexibility index (Phi) is 3.83. The van der Waals surface area contributed by atoms with Gasteiger partial charge in [-0.1, -0.05) is 31.2 Å². The molecule has 2 N–H and O–H groups in total. The highest BCUT2D eigenvalue weighted by Crippen LogP contribution is 2.28. The fraction of sp³-hybridized carbons (Fsp3) is 0.500. The van der Waals surface area contributed by atoms with Crippen LogP contribution in [-0.4, -0.2) is 20.8 Å². The summed E-state index contributed by atoms with van der Waals surface area (Å²) in [6, 6.07) is 8.83. The number of hydrogen-bond donors (Lipinski definition) is 1. The van der Waals surface area contributed by atoms with Gasteiger partial charge in [0.05, 0.1) is 0 Å². The van der Waals surface area contributed by atoms with E-state index in [1.165, 1.54) is 11.1 Å². The fourth-order valence-corrected chi connectivity index (χ4v) is 3.12. The molecule has 4 nitrogen and oxygen atoms in total. The van der Waals surface area contributed by atoms with Crippen LogP contribution < -0.4 is 5.73 Å². The van der Waals surface area contributed by atoms with E-state index < -0.39 is 0 Å². The number of aromatic nitrogens is 3. The van der Waals surface area contributed by atoms with Gasteiger partial charge in [0.2, 0.25) is 0 Å². The minimum Gasteiger partial charge on any atom is -0.327 e. The molecule has 20 heavy (non-hydrogen) atoms. The summed E-state index contributed by atoms with van der Waals surface area (Å²) in [7, 11) is 0. The molecule has 1 aliphatic rings. The van der Waals surface area contributed by atoms with Crippen molar-refractivity contribution in [3.8, 4) is 0 Å². The number of rotatable bonds is 5. The lowest BCUT2D eigenvalue weighted by Gasteiger charge is -2.18. The molecule has 3 rings (SSSR count). The van der Waals surface area contributed by atoms with E-state index in [9.17, 15) is 0 Å². The quantitative estimate of drug-likeness (QED) is 0.903. The van der Waals surface area contributed by atoms with Crippen LogP contribution in [0.5, 0.6) is 0 Å². The monoisotopic (exact) mass is 270 g/mol. The summed E-state index contributed by atoms with van der Waals surface area (Å²) in [6.07, 6.45) is 5.72. The van der Waals surface area contributed by atoms with Gasteiger partial charge in [0.1, 0.15) is 12.2 Å². The minimum absolute atomic E-state index is 0.155. The summed E-state index contributed by atoms with van der Waals surface area (Å²) in [5.41, 5.74) is 9.36. The van der Waals surface area contributed by atoms with Gasteiger partial charge in [0.15, 0.2) is 0 Å². The molecule has 2 aromatic rings. The molecule has 0 saturated heterocycles. The van der Waals surface area contributed by atoms with Crippen LogP contribution in [0, 0.1) is 5.92 Å². The van der Waals surface area contributed by atoms with Crippen molar-refractivity contribution >= 4 is 0 Å². The number of fused-ring (bicyclic) bond motifs is 1. The molecular weight excluding hydrogens is 248 g/mol. The average Bonchev–Trinajstić information content (AvgIpc) is 3.06. The molecule has 0 spiro atoms. The van der Waals surface area contributed by atoms with Crippen LogP contribution >= 0.6 is 0 Å². The van der Waals surface area contributed by atoms with E-state index in [0.29, 0.717) is 5.92 Å². The lowest BCUT2D eigenvalue weighted by Crippen LogP contribution is -2.34. The standard InChI is InChI=1S/C16H22N4/c1-2-7-20-16(18-11-19-20)10-15(17)14-8-12-5-3-4-6-13(12)9-14/h3-6,11,14-15H,2,7-10,17H2,1H3. The van der Waals surface area contributed by atoms with Crippen molar-refractivity contribution in [3.05, 3.63) is 47.5 Å². The van der Waals surface area contributed by atoms with Crippen molar-refractivity contribution in [2.45, 2.75) is 45.2 Å². The van der Waals surface area contributed by atoms with E-state index >= 15 is 0 Å². The summed E-state index contributed by atoms with van der Waals surface area (Å²) in [4.78, 5) is 4.37. The first-order valence-electron chi connectivity index (χ1n) is 7.47. The van der Waals surface area contributed by atoms with Crippen molar-refractivity contribution in [1.82, 2.24) is 14.8 Å². The molecule has 1 unspecified atom stereocenters. The number of nitrogens with two attached hydrogens (primary N) is 1. The molecule has 1 aromatic carbocycles. The van der Waals surface area contributed by atoms with Crippen LogP contribution in [-0.2, 0) is 25.8 Å².